The summed E-state index contributed by atoms with van der Waals surface area (Å²) >= 11 is 1.48. The van der Waals surface area contributed by atoms with Crippen molar-refractivity contribution in [2.24, 2.45) is 0 Å². The van der Waals surface area contributed by atoms with Gasteiger partial charge in [0.25, 0.3) is 0 Å². The summed E-state index contributed by atoms with van der Waals surface area (Å²) in [6.07, 6.45) is 0. The molecule has 1 rings (SSSR count). The standard InChI is InChI=1S/C14H21NO2S/c1-11-4-6-13(7-5-11)8-15(3)14(17)10-18-12(2)9-16/h4-7,12,16H,8-10H2,1-3H3. The zero-order chi connectivity index (χ0) is 13.5. The summed E-state index contributed by atoms with van der Waals surface area (Å²) in [6.45, 7) is 4.70. The topological polar surface area (TPSA) is 40.5 Å². The number of carbonyl (C=O) groups is 1. The Kier molecular flexibility index (Phi) is 6.22. The number of carbonyl (C=O) groups excluding carboxylic acids is 1. The van der Waals surface area contributed by atoms with Gasteiger partial charge in [-0.25, -0.2) is 0 Å². The SMILES string of the molecule is Cc1ccc(CN(C)C(=O)CSC(C)CO)cc1. The highest BCUT2D eigenvalue weighted by Crippen LogP contribution is 2.11. The van der Waals surface area contributed by atoms with E-state index in [0.29, 0.717) is 12.3 Å². The number of aliphatic hydroxyl groups is 1. The minimum absolute atomic E-state index is 0.0980. The van der Waals surface area contributed by atoms with Crippen LogP contribution in [-0.2, 0) is 11.3 Å². The van der Waals surface area contributed by atoms with Crippen molar-refractivity contribution in [1.29, 1.82) is 0 Å². The van der Waals surface area contributed by atoms with Gasteiger partial charge in [0.2, 0.25) is 5.91 Å². The van der Waals surface area contributed by atoms with Crippen LogP contribution in [0.25, 0.3) is 0 Å². The third-order valence-corrected chi connectivity index (χ3v) is 3.85. The number of aryl methyl sites for hydroxylation is 1. The number of hydrogen-bond acceptors (Lipinski definition) is 3. The molecule has 3 nitrogen and oxygen atoms in total. The maximum absolute atomic E-state index is 11.9. The first kappa shape index (κ1) is 15.1. The van der Waals surface area contributed by atoms with Gasteiger partial charge in [0.05, 0.1) is 12.4 Å². The predicted molar refractivity (Wildman–Crippen MR) is 76.7 cm³/mol. The van der Waals surface area contributed by atoms with Crippen molar-refractivity contribution in [2.45, 2.75) is 25.6 Å². The summed E-state index contributed by atoms with van der Waals surface area (Å²) in [4.78, 5) is 13.6. The molecule has 1 aromatic carbocycles. The van der Waals surface area contributed by atoms with E-state index in [9.17, 15) is 4.79 Å². The number of thioether (sulfide) groups is 1. The van der Waals surface area contributed by atoms with E-state index in [4.69, 9.17) is 5.11 Å². The largest absolute Gasteiger partial charge is 0.395 e. The molecule has 0 bridgehead atoms. The average Bonchev–Trinajstić information content (AvgIpc) is 2.38. The van der Waals surface area contributed by atoms with Gasteiger partial charge in [-0.15, -0.1) is 11.8 Å². The summed E-state index contributed by atoms with van der Waals surface area (Å²) in [6, 6.07) is 8.19. The summed E-state index contributed by atoms with van der Waals surface area (Å²) in [5.41, 5.74) is 2.36. The Hall–Kier alpha value is -1.00. The van der Waals surface area contributed by atoms with Crippen LogP contribution in [-0.4, -0.2) is 40.6 Å². The Balaban J connectivity index is 2.42. The molecule has 100 valence electrons. The molecule has 0 aliphatic heterocycles. The molecule has 1 atom stereocenters. The second-order valence-electron chi connectivity index (χ2n) is 4.54. The number of benzene rings is 1. The first-order valence-electron chi connectivity index (χ1n) is 6.05. The van der Waals surface area contributed by atoms with E-state index in [1.165, 1.54) is 17.3 Å². The molecule has 0 aliphatic carbocycles. The summed E-state index contributed by atoms with van der Waals surface area (Å²) < 4.78 is 0. The lowest BCUT2D eigenvalue weighted by molar-refractivity contribution is -0.127. The second-order valence-corrected chi connectivity index (χ2v) is 5.97. The molecule has 0 fully saturated rings. The van der Waals surface area contributed by atoms with Crippen LogP contribution in [0.2, 0.25) is 0 Å². The highest BCUT2D eigenvalue weighted by Gasteiger charge is 2.11. The fraction of sp³-hybridized carbons (Fsp3) is 0.500. The average molecular weight is 267 g/mol. The molecule has 1 unspecified atom stereocenters. The summed E-state index contributed by atoms with van der Waals surface area (Å²) in [7, 11) is 1.81. The molecule has 18 heavy (non-hydrogen) atoms. The van der Waals surface area contributed by atoms with Gasteiger partial charge in [0.1, 0.15) is 0 Å². The third-order valence-electron chi connectivity index (χ3n) is 2.71. The Morgan fingerprint density at radius 1 is 1.39 bits per heavy atom. The predicted octanol–water partition coefficient (Wildman–Crippen LogP) is 2.07. The van der Waals surface area contributed by atoms with Crippen LogP contribution in [0.3, 0.4) is 0 Å². The molecule has 0 heterocycles. The molecule has 4 heteroatoms. The number of rotatable bonds is 6. The Bertz CT molecular complexity index is 378. The molecule has 1 aromatic rings. The monoisotopic (exact) mass is 267 g/mol. The number of amides is 1. The third kappa shape index (κ3) is 5.10. The van der Waals surface area contributed by atoms with Crippen LogP contribution in [0.5, 0.6) is 0 Å². The van der Waals surface area contributed by atoms with Crippen molar-refractivity contribution in [3.8, 4) is 0 Å². The zero-order valence-electron chi connectivity index (χ0n) is 11.2. The van der Waals surface area contributed by atoms with Crippen molar-refractivity contribution < 1.29 is 9.90 Å². The van der Waals surface area contributed by atoms with Gasteiger partial charge >= 0.3 is 0 Å². The minimum atomic E-state index is 0.0980. The van der Waals surface area contributed by atoms with E-state index in [2.05, 4.69) is 12.1 Å². The van der Waals surface area contributed by atoms with E-state index in [-0.39, 0.29) is 17.8 Å². The molecular formula is C14H21NO2S. The van der Waals surface area contributed by atoms with Crippen molar-refractivity contribution in [3.05, 3.63) is 35.4 Å². The van der Waals surface area contributed by atoms with Gasteiger partial charge in [0.15, 0.2) is 0 Å². The molecule has 0 radical (unpaired) electrons. The fourth-order valence-corrected chi connectivity index (χ4v) is 2.18. The normalized spacial score (nSPS) is 12.2. The van der Waals surface area contributed by atoms with E-state index in [0.717, 1.165) is 5.56 Å². The molecule has 0 spiro atoms. The molecule has 1 N–H and O–H groups in total. The summed E-state index contributed by atoms with van der Waals surface area (Å²) in [5, 5.41) is 9.01. The smallest absolute Gasteiger partial charge is 0.232 e. The van der Waals surface area contributed by atoms with Crippen LogP contribution in [0.15, 0.2) is 24.3 Å². The van der Waals surface area contributed by atoms with Gasteiger partial charge in [-0.2, -0.15) is 0 Å². The Morgan fingerprint density at radius 3 is 2.56 bits per heavy atom. The molecule has 0 saturated carbocycles. The molecule has 0 saturated heterocycles. The van der Waals surface area contributed by atoms with Crippen molar-refractivity contribution in [1.82, 2.24) is 4.90 Å². The first-order valence-corrected chi connectivity index (χ1v) is 7.09. The first-order chi connectivity index (χ1) is 8.52. The van der Waals surface area contributed by atoms with E-state index in [1.54, 1.807) is 4.90 Å². The van der Waals surface area contributed by atoms with Gasteiger partial charge < -0.3 is 10.0 Å². The van der Waals surface area contributed by atoms with Gasteiger partial charge in [-0.3, -0.25) is 4.79 Å². The molecule has 0 aliphatic rings. The van der Waals surface area contributed by atoms with Crippen LogP contribution in [0.1, 0.15) is 18.1 Å². The molecule has 1 amide bonds. The van der Waals surface area contributed by atoms with Crippen LogP contribution < -0.4 is 0 Å². The zero-order valence-corrected chi connectivity index (χ0v) is 12.0. The van der Waals surface area contributed by atoms with Crippen LogP contribution in [0, 0.1) is 6.92 Å². The highest BCUT2D eigenvalue weighted by molar-refractivity contribution is 8.00. The van der Waals surface area contributed by atoms with E-state index >= 15 is 0 Å². The maximum atomic E-state index is 11.9. The van der Waals surface area contributed by atoms with Crippen molar-refractivity contribution in [2.75, 3.05) is 19.4 Å². The van der Waals surface area contributed by atoms with Gasteiger partial charge in [-0.05, 0) is 12.5 Å². The molecule has 0 aromatic heterocycles. The Labute approximate surface area is 113 Å². The highest BCUT2D eigenvalue weighted by atomic mass is 32.2. The van der Waals surface area contributed by atoms with E-state index in [1.807, 2.05) is 33.0 Å². The number of nitrogens with zero attached hydrogens (tertiary/aromatic N) is 1. The number of hydrogen-bond donors (Lipinski definition) is 1. The number of aliphatic hydroxyl groups excluding tert-OH is 1. The van der Waals surface area contributed by atoms with Crippen LogP contribution in [0.4, 0.5) is 0 Å². The summed E-state index contributed by atoms with van der Waals surface area (Å²) in [5.74, 6) is 0.519. The van der Waals surface area contributed by atoms with Crippen molar-refractivity contribution in [3.63, 3.8) is 0 Å². The maximum Gasteiger partial charge on any atom is 0.232 e. The second kappa shape index (κ2) is 7.44. The fourth-order valence-electron chi connectivity index (χ4n) is 1.43. The van der Waals surface area contributed by atoms with Crippen LogP contribution >= 0.6 is 11.8 Å². The lowest BCUT2D eigenvalue weighted by Gasteiger charge is -2.18. The minimum Gasteiger partial charge on any atom is -0.395 e. The van der Waals surface area contributed by atoms with E-state index < -0.39 is 0 Å². The Morgan fingerprint density at radius 2 is 2.00 bits per heavy atom. The van der Waals surface area contributed by atoms with Gasteiger partial charge in [0, 0.05) is 18.8 Å². The molecular weight excluding hydrogens is 246 g/mol. The lowest BCUT2D eigenvalue weighted by Crippen LogP contribution is -2.28. The van der Waals surface area contributed by atoms with Gasteiger partial charge in [-0.1, -0.05) is 36.8 Å². The quantitative estimate of drug-likeness (QED) is 0.858. The van der Waals surface area contributed by atoms with Crippen molar-refractivity contribution >= 4 is 17.7 Å². The lowest BCUT2D eigenvalue weighted by atomic mass is 10.1.